The molecule has 0 aromatic heterocycles. The zero-order valence-corrected chi connectivity index (χ0v) is 13.4. The molecule has 0 saturated carbocycles. The number of anilines is 1. The molecule has 2 N–H and O–H groups in total. The van der Waals surface area contributed by atoms with Gasteiger partial charge in [0.05, 0.1) is 6.04 Å². The third kappa shape index (κ3) is 4.83. The van der Waals surface area contributed by atoms with Crippen molar-refractivity contribution in [1.29, 1.82) is 0 Å². The molecule has 0 aliphatic carbocycles. The van der Waals surface area contributed by atoms with Gasteiger partial charge in [-0.05, 0) is 57.1 Å². The molecule has 2 rings (SSSR count). The summed E-state index contributed by atoms with van der Waals surface area (Å²) in [6.45, 7) is 4.02. The van der Waals surface area contributed by atoms with Crippen molar-refractivity contribution in [3.63, 3.8) is 0 Å². The van der Waals surface area contributed by atoms with E-state index in [2.05, 4.69) is 34.6 Å². The molecule has 21 heavy (non-hydrogen) atoms. The predicted molar refractivity (Wildman–Crippen MR) is 87.3 cm³/mol. The van der Waals surface area contributed by atoms with Crippen molar-refractivity contribution < 1.29 is 4.79 Å². The summed E-state index contributed by atoms with van der Waals surface area (Å²) in [6.07, 6.45) is 3.28. The lowest BCUT2D eigenvalue weighted by molar-refractivity contribution is -0.119. The Morgan fingerprint density at radius 1 is 1.43 bits per heavy atom. The minimum absolute atomic E-state index is 0.0544. The number of hydrogen-bond donors (Lipinski definition) is 2. The summed E-state index contributed by atoms with van der Waals surface area (Å²) in [7, 11) is 4.09. The van der Waals surface area contributed by atoms with Crippen LogP contribution in [0.1, 0.15) is 31.7 Å². The first-order valence-corrected chi connectivity index (χ1v) is 7.86. The van der Waals surface area contributed by atoms with Gasteiger partial charge < -0.3 is 15.5 Å². The number of nitrogens with zero attached hydrogens (tertiary/aromatic N) is 1. The lowest BCUT2D eigenvalue weighted by atomic mass is 9.90. The van der Waals surface area contributed by atoms with Crippen molar-refractivity contribution in [2.75, 3.05) is 26.0 Å². The number of rotatable bonds is 5. The summed E-state index contributed by atoms with van der Waals surface area (Å²) in [5.41, 5.74) is 2.10. The topological polar surface area (TPSA) is 44.4 Å². The van der Waals surface area contributed by atoms with Crippen molar-refractivity contribution in [3.05, 3.63) is 29.8 Å². The molecule has 116 valence electrons. The molecule has 0 bridgehead atoms. The second-order valence-electron chi connectivity index (χ2n) is 6.23. The van der Waals surface area contributed by atoms with Gasteiger partial charge in [0.2, 0.25) is 5.91 Å². The van der Waals surface area contributed by atoms with E-state index in [4.69, 9.17) is 0 Å². The molecule has 1 amide bonds. The van der Waals surface area contributed by atoms with E-state index in [1.54, 1.807) is 0 Å². The molecule has 4 heteroatoms. The van der Waals surface area contributed by atoms with Crippen LogP contribution in [0.3, 0.4) is 0 Å². The number of carbonyl (C=O) groups is 1. The summed E-state index contributed by atoms with van der Waals surface area (Å²) < 4.78 is 0. The summed E-state index contributed by atoms with van der Waals surface area (Å²) >= 11 is 0. The maximum atomic E-state index is 12.4. The van der Waals surface area contributed by atoms with Crippen molar-refractivity contribution in [1.82, 2.24) is 10.2 Å². The summed E-state index contributed by atoms with van der Waals surface area (Å²) in [6, 6.07) is 8.04. The summed E-state index contributed by atoms with van der Waals surface area (Å²) in [5, 5.41) is 6.38. The SMILES string of the molecule is CCC1CCNC(C(=O)Nc2cccc(CN(C)C)c2)C1. The normalized spacial score (nSPS) is 22.3. The van der Waals surface area contributed by atoms with Crippen LogP contribution in [-0.2, 0) is 11.3 Å². The van der Waals surface area contributed by atoms with Crippen molar-refractivity contribution in [2.45, 2.75) is 38.8 Å². The Bertz CT molecular complexity index is 473. The number of hydrogen-bond acceptors (Lipinski definition) is 3. The van der Waals surface area contributed by atoms with Crippen LogP contribution in [0.15, 0.2) is 24.3 Å². The molecule has 1 heterocycles. The van der Waals surface area contributed by atoms with Crippen LogP contribution in [0.25, 0.3) is 0 Å². The summed E-state index contributed by atoms with van der Waals surface area (Å²) in [4.78, 5) is 14.5. The van der Waals surface area contributed by atoms with Crippen LogP contribution in [0.4, 0.5) is 5.69 Å². The molecule has 2 atom stereocenters. The van der Waals surface area contributed by atoms with Gasteiger partial charge in [-0.2, -0.15) is 0 Å². The number of nitrogens with one attached hydrogen (secondary N) is 2. The maximum absolute atomic E-state index is 12.4. The zero-order valence-electron chi connectivity index (χ0n) is 13.4. The molecule has 1 aromatic carbocycles. The average molecular weight is 289 g/mol. The monoisotopic (exact) mass is 289 g/mol. The molecule has 0 radical (unpaired) electrons. The smallest absolute Gasteiger partial charge is 0.241 e. The van der Waals surface area contributed by atoms with Gasteiger partial charge >= 0.3 is 0 Å². The Morgan fingerprint density at radius 2 is 2.24 bits per heavy atom. The lowest BCUT2D eigenvalue weighted by Crippen LogP contribution is -2.46. The van der Waals surface area contributed by atoms with Gasteiger partial charge in [-0.25, -0.2) is 0 Å². The third-order valence-electron chi connectivity index (χ3n) is 4.10. The molecule has 0 spiro atoms. The minimum Gasteiger partial charge on any atom is -0.325 e. The van der Waals surface area contributed by atoms with E-state index in [0.29, 0.717) is 5.92 Å². The highest BCUT2D eigenvalue weighted by atomic mass is 16.2. The lowest BCUT2D eigenvalue weighted by Gasteiger charge is -2.28. The first kappa shape index (κ1) is 16.0. The highest BCUT2D eigenvalue weighted by molar-refractivity contribution is 5.94. The van der Waals surface area contributed by atoms with Crippen LogP contribution in [0.5, 0.6) is 0 Å². The number of piperidine rings is 1. The Labute approximate surface area is 127 Å². The van der Waals surface area contributed by atoms with E-state index in [1.807, 2.05) is 26.2 Å². The zero-order chi connectivity index (χ0) is 15.2. The predicted octanol–water partition coefficient (Wildman–Crippen LogP) is 2.46. The van der Waals surface area contributed by atoms with Crippen LogP contribution in [0.2, 0.25) is 0 Å². The number of benzene rings is 1. The van der Waals surface area contributed by atoms with Gasteiger partial charge in [0.1, 0.15) is 0 Å². The molecule has 1 fully saturated rings. The maximum Gasteiger partial charge on any atom is 0.241 e. The van der Waals surface area contributed by atoms with Crippen molar-refractivity contribution >= 4 is 11.6 Å². The third-order valence-corrected chi connectivity index (χ3v) is 4.10. The number of amides is 1. The number of carbonyl (C=O) groups excluding carboxylic acids is 1. The molecule has 2 unspecified atom stereocenters. The van der Waals surface area contributed by atoms with E-state index < -0.39 is 0 Å². The van der Waals surface area contributed by atoms with Crippen LogP contribution in [0, 0.1) is 5.92 Å². The molecular weight excluding hydrogens is 262 g/mol. The van der Waals surface area contributed by atoms with E-state index in [-0.39, 0.29) is 11.9 Å². The molecular formula is C17H27N3O. The van der Waals surface area contributed by atoms with Crippen LogP contribution >= 0.6 is 0 Å². The van der Waals surface area contributed by atoms with Crippen LogP contribution in [-0.4, -0.2) is 37.5 Å². The molecule has 1 aliphatic rings. The first-order chi connectivity index (χ1) is 10.1. The fourth-order valence-electron chi connectivity index (χ4n) is 2.91. The molecule has 1 saturated heterocycles. The first-order valence-electron chi connectivity index (χ1n) is 7.86. The minimum atomic E-state index is -0.0544. The van der Waals surface area contributed by atoms with Crippen LogP contribution < -0.4 is 10.6 Å². The molecule has 1 aliphatic heterocycles. The quantitative estimate of drug-likeness (QED) is 0.875. The van der Waals surface area contributed by atoms with Gasteiger partial charge in [-0.1, -0.05) is 25.5 Å². The Balaban J connectivity index is 1.95. The Morgan fingerprint density at radius 3 is 2.95 bits per heavy atom. The Kier molecular flexibility index (Phi) is 5.76. The fraction of sp³-hybridized carbons (Fsp3) is 0.588. The highest BCUT2D eigenvalue weighted by Gasteiger charge is 2.25. The van der Waals surface area contributed by atoms with Crippen molar-refractivity contribution in [3.8, 4) is 0 Å². The molecule has 4 nitrogen and oxygen atoms in total. The van der Waals surface area contributed by atoms with Gasteiger partial charge in [0.25, 0.3) is 0 Å². The van der Waals surface area contributed by atoms with E-state index in [0.717, 1.165) is 31.6 Å². The van der Waals surface area contributed by atoms with E-state index in [9.17, 15) is 4.79 Å². The van der Waals surface area contributed by atoms with E-state index in [1.165, 1.54) is 12.0 Å². The van der Waals surface area contributed by atoms with Gasteiger partial charge in [-0.3, -0.25) is 4.79 Å². The highest BCUT2D eigenvalue weighted by Crippen LogP contribution is 2.20. The Hall–Kier alpha value is -1.39. The van der Waals surface area contributed by atoms with Gasteiger partial charge in [0, 0.05) is 12.2 Å². The van der Waals surface area contributed by atoms with E-state index >= 15 is 0 Å². The van der Waals surface area contributed by atoms with Gasteiger partial charge in [0.15, 0.2) is 0 Å². The largest absolute Gasteiger partial charge is 0.325 e. The summed E-state index contributed by atoms with van der Waals surface area (Å²) in [5.74, 6) is 0.761. The second kappa shape index (κ2) is 7.57. The molecule has 1 aromatic rings. The average Bonchev–Trinajstić information content (AvgIpc) is 2.47. The standard InChI is InChI=1S/C17H27N3O/c1-4-13-8-9-18-16(11-13)17(21)19-15-7-5-6-14(10-15)12-20(2)3/h5-7,10,13,16,18H,4,8-9,11-12H2,1-3H3,(H,19,21). The van der Waals surface area contributed by atoms with Crippen molar-refractivity contribution in [2.24, 2.45) is 5.92 Å². The van der Waals surface area contributed by atoms with Gasteiger partial charge in [-0.15, -0.1) is 0 Å². The fourth-order valence-corrected chi connectivity index (χ4v) is 2.91. The second-order valence-corrected chi connectivity index (χ2v) is 6.23.